The van der Waals surface area contributed by atoms with Gasteiger partial charge in [0.1, 0.15) is 0 Å². The van der Waals surface area contributed by atoms with Gasteiger partial charge in [0.15, 0.2) is 0 Å². The molecule has 0 fully saturated rings. The van der Waals surface area contributed by atoms with Crippen LogP contribution in [0.5, 0.6) is 0 Å². The lowest BCUT2D eigenvalue weighted by Gasteiger charge is -2.22. The van der Waals surface area contributed by atoms with Gasteiger partial charge in [0.05, 0.1) is 16.6 Å². The molecule has 2 aromatic rings. The number of anilines is 1. The normalized spacial score (nSPS) is 15.6. The van der Waals surface area contributed by atoms with Crippen molar-refractivity contribution in [3.8, 4) is 0 Å². The zero-order valence-corrected chi connectivity index (χ0v) is 20.6. The van der Waals surface area contributed by atoms with Crippen LogP contribution in [0.25, 0.3) is 0 Å². The van der Waals surface area contributed by atoms with E-state index in [-0.39, 0.29) is 17.4 Å². The summed E-state index contributed by atoms with van der Waals surface area (Å²) in [5.74, 6) is -4.41. The number of fused-ring (bicyclic) bond motifs is 2. The standard InChI is InChI=1S/C21H25ClN2O4S.C2H2O4/c1-24-18-9-6-5-8-16(18)21(23-13-7-3-2-4-10-20(25)26)17-12-11-15(22)14-19(17)29(24,27)28;3-1(4)2(5)6/h5-6,8-9,11-12,14,21,23H,2-4,7,10,13H2,1H3,(H,25,26);(H,3,4)(H,5,6). The van der Waals surface area contributed by atoms with E-state index in [1.165, 1.54) is 10.4 Å². The summed E-state index contributed by atoms with van der Waals surface area (Å²) in [4.78, 5) is 29.0. The second-order valence-electron chi connectivity index (χ2n) is 7.77. The number of carbonyl (C=O) groups is 3. The number of benzene rings is 2. The first-order valence-corrected chi connectivity index (χ1v) is 12.6. The van der Waals surface area contributed by atoms with E-state index < -0.39 is 27.9 Å². The lowest BCUT2D eigenvalue weighted by molar-refractivity contribution is -0.159. The Kier molecular flexibility index (Phi) is 10.1. The fourth-order valence-corrected chi connectivity index (χ4v) is 5.37. The van der Waals surface area contributed by atoms with Crippen LogP contribution in [0.3, 0.4) is 0 Å². The number of aliphatic carboxylic acids is 3. The average Bonchev–Trinajstić information content (AvgIpc) is 2.86. The Morgan fingerprint density at radius 1 is 0.943 bits per heavy atom. The summed E-state index contributed by atoms with van der Waals surface area (Å²) in [5, 5.41) is 27.4. The first-order valence-electron chi connectivity index (χ1n) is 10.8. The van der Waals surface area contributed by atoms with Crippen LogP contribution in [0.4, 0.5) is 5.69 Å². The van der Waals surface area contributed by atoms with Crippen molar-refractivity contribution in [2.24, 2.45) is 0 Å². The summed E-state index contributed by atoms with van der Waals surface area (Å²) in [6, 6.07) is 12.2. The van der Waals surface area contributed by atoms with Gasteiger partial charge in [-0.05, 0) is 48.7 Å². The summed E-state index contributed by atoms with van der Waals surface area (Å²) in [5.41, 5.74) is 2.21. The van der Waals surface area contributed by atoms with Gasteiger partial charge in [-0.1, -0.05) is 48.7 Å². The van der Waals surface area contributed by atoms with Gasteiger partial charge in [0.2, 0.25) is 0 Å². The van der Waals surface area contributed by atoms with Crippen LogP contribution in [-0.4, -0.2) is 55.2 Å². The molecule has 0 bridgehead atoms. The van der Waals surface area contributed by atoms with Crippen molar-refractivity contribution >= 4 is 45.2 Å². The molecule has 1 atom stereocenters. The summed E-state index contributed by atoms with van der Waals surface area (Å²) in [7, 11) is -2.16. The minimum Gasteiger partial charge on any atom is -0.481 e. The van der Waals surface area contributed by atoms with Crippen LogP contribution in [0.1, 0.15) is 49.3 Å². The maximum Gasteiger partial charge on any atom is 0.414 e. The molecule has 0 radical (unpaired) electrons. The molecule has 1 aliphatic heterocycles. The number of carboxylic acid groups (broad SMARTS) is 3. The highest BCUT2D eigenvalue weighted by molar-refractivity contribution is 7.92. The predicted molar refractivity (Wildman–Crippen MR) is 129 cm³/mol. The predicted octanol–water partition coefficient (Wildman–Crippen LogP) is 3.35. The molecule has 1 unspecified atom stereocenters. The van der Waals surface area contributed by atoms with Crippen molar-refractivity contribution in [2.45, 2.75) is 43.0 Å². The lowest BCUT2D eigenvalue weighted by atomic mass is 9.96. The zero-order chi connectivity index (χ0) is 26.2. The van der Waals surface area contributed by atoms with Crippen molar-refractivity contribution in [1.82, 2.24) is 5.32 Å². The molecule has 190 valence electrons. The van der Waals surface area contributed by atoms with E-state index >= 15 is 0 Å². The summed E-state index contributed by atoms with van der Waals surface area (Å²) in [6.07, 6.45) is 3.52. The highest BCUT2D eigenvalue weighted by Crippen LogP contribution is 2.40. The Morgan fingerprint density at radius 2 is 1.57 bits per heavy atom. The molecular formula is C23H27ClN2O8S. The number of carboxylic acids is 3. The van der Waals surface area contributed by atoms with Crippen LogP contribution in [0.15, 0.2) is 47.4 Å². The van der Waals surface area contributed by atoms with E-state index in [9.17, 15) is 13.2 Å². The topological polar surface area (TPSA) is 161 Å². The van der Waals surface area contributed by atoms with Crippen molar-refractivity contribution in [3.63, 3.8) is 0 Å². The van der Waals surface area contributed by atoms with Crippen molar-refractivity contribution in [1.29, 1.82) is 0 Å². The van der Waals surface area contributed by atoms with Gasteiger partial charge in [0.25, 0.3) is 10.0 Å². The number of hydrogen-bond donors (Lipinski definition) is 4. The summed E-state index contributed by atoms with van der Waals surface area (Å²) < 4.78 is 27.7. The van der Waals surface area contributed by atoms with Crippen molar-refractivity contribution in [2.75, 3.05) is 17.9 Å². The molecule has 1 aliphatic rings. The molecule has 3 rings (SSSR count). The van der Waals surface area contributed by atoms with Gasteiger partial charge in [-0.2, -0.15) is 0 Å². The van der Waals surface area contributed by atoms with E-state index in [1.807, 2.05) is 18.2 Å². The monoisotopic (exact) mass is 526 g/mol. The van der Waals surface area contributed by atoms with Crippen molar-refractivity contribution < 1.29 is 38.1 Å². The third-order valence-electron chi connectivity index (χ3n) is 5.36. The molecule has 0 saturated carbocycles. The average molecular weight is 527 g/mol. The third kappa shape index (κ3) is 7.41. The molecule has 0 aliphatic carbocycles. The molecular weight excluding hydrogens is 500 g/mol. The number of nitrogens with zero attached hydrogens (tertiary/aromatic N) is 1. The zero-order valence-electron chi connectivity index (χ0n) is 19.0. The summed E-state index contributed by atoms with van der Waals surface area (Å²) >= 11 is 6.12. The van der Waals surface area contributed by atoms with Gasteiger partial charge in [-0.3, -0.25) is 9.10 Å². The molecule has 0 saturated heterocycles. The molecule has 1 heterocycles. The van der Waals surface area contributed by atoms with Gasteiger partial charge in [0, 0.05) is 18.5 Å². The first-order chi connectivity index (χ1) is 16.5. The van der Waals surface area contributed by atoms with Gasteiger partial charge >= 0.3 is 17.9 Å². The lowest BCUT2D eigenvalue weighted by Crippen LogP contribution is -2.26. The minimum atomic E-state index is -3.72. The second kappa shape index (κ2) is 12.5. The number of unbranched alkanes of at least 4 members (excludes halogenated alkanes) is 3. The molecule has 4 N–H and O–H groups in total. The van der Waals surface area contributed by atoms with Crippen LogP contribution < -0.4 is 9.62 Å². The minimum absolute atomic E-state index is 0.196. The molecule has 10 nitrogen and oxygen atoms in total. The number of para-hydroxylation sites is 1. The molecule has 2 aromatic carbocycles. The van der Waals surface area contributed by atoms with Gasteiger partial charge in [-0.15, -0.1) is 0 Å². The third-order valence-corrected chi connectivity index (χ3v) is 7.42. The molecule has 35 heavy (non-hydrogen) atoms. The quantitative estimate of drug-likeness (QED) is 0.298. The molecule has 0 amide bonds. The van der Waals surface area contributed by atoms with E-state index in [1.54, 1.807) is 25.2 Å². The highest BCUT2D eigenvalue weighted by Gasteiger charge is 2.34. The molecule has 0 aromatic heterocycles. The fourth-order valence-electron chi connectivity index (χ4n) is 3.65. The van der Waals surface area contributed by atoms with Gasteiger partial charge < -0.3 is 20.6 Å². The summed E-state index contributed by atoms with van der Waals surface area (Å²) in [6.45, 7) is 0.692. The fraction of sp³-hybridized carbons (Fsp3) is 0.348. The van der Waals surface area contributed by atoms with E-state index in [4.69, 9.17) is 36.5 Å². The van der Waals surface area contributed by atoms with Crippen LogP contribution in [0, 0.1) is 0 Å². The SMILES string of the molecule is CN1c2ccccc2C(NCCCCCCC(=O)O)c2ccc(Cl)cc2S1(=O)=O.O=C(O)C(=O)O. The Morgan fingerprint density at radius 3 is 2.20 bits per heavy atom. The van der Waals surface area contributed by atoms with Crippen LogP contribution in [0.2, 0.25) is 5.02 Å². The second-order valence-corrected chi connectivity index (χ2v) is 10.1. The molecule has 12 heteroatoms. The Labute approximate surface area is 208 Å². The number of halogens is 1. The van der Waals surface area contributed by atoms with Gasteiger partial charge in [-0.25, -0.2) is 18.0 Å². The maximum absolute atomic E-state index is 13.2. The first kappa shape index (κ1) is 28.1. The Hall–Kier alpha value is -3.15. The van der Waals surface area contributed by atoms with Crippen LogP contribution in [-0.2, 0) is 24.4 Å². The van der Waals surface area contributed by atoms with E-state index in [0.717, 1.165) is 24.8 Å². The Bertz CT molecular complexity index is 1170. The number of sulfonamides is 1. The largest absolute Gasteiger partial charge is 0.481 e. The molecule has 0 spiro atoms. The smallest absolute Gasteiger partial charge is 0.414 e. The van der Waals surface area contributed by atoms with E-state index in [2.05, 4.69) is 5.32 Å². The number of hydrogen-bond acceptors (Lipinski definition) is 6. The van der Waals surface area contributed by atoms with Crippen LogP contribution >= 0.6 is 11.6 Å². The maximum atomic E-state index is 13.2. The number of rotatable bonds is 8. The van der Waals surface area contributed by atoms with Crippen molar-refractivity contribution in [3.05, 3.63) is 58.6 Å². The Balaban J connectivity index is 0.000000641. The highest BCUT2D eigenvalue weighted by atomic mass is 35.5. The number of nitrogens with one attached hydrogen (secondary N) is 1. The van der Waals surface area contributed by atoms with E-state index in [0.29, 0.717) is 29.2 Å².